The highest BCUT2D eigenvalue weighted by atomic mass is 16.4. The molecule has 0 aliphatic rings. The maximum atomic E-state index is 10.4. The van der Waals surface area contributed by atoms with Gasteiger partial charge in [-0.15, -0.1) is 0 Å². The Bertz CT molecular complexity index is 119. The van der Waals surface area contributed by atoms with Crippen LogP contribution in [0.25, 0.3) is 0 Å². The Balaban J connectivity index is 3.61. The molecule has 0 fully saturated rings. The topological polar surface area (TPSA) is 40.1 Å². The zero-order valence-electron chi connectivity index (χ0n) is 7.59. The molecule has 2 nitrogen and oxygen atoms in total. The summed E-state index contributed by atoms with van der Waals surface area (Å²) in [6.45, 7) is 6.09. The fourth-order valence-corrected chi connectivity index (χ4v) is 1.02. The van der Waals surface area contributed by atoms with Crippen molar-refractivity contribution in [2.45, 2.75) is 40.0 Å². The van der Waals surface area contributed by atoms with E-state index in [2.05, 4.69) is 13.8 Å². The molecular weight excluding hydrogens is 140 g/mol. The van der Waals surface area contributed by atoms with E-state index in [4.69, 9.17) is 0 Å². The minimum absolute atomic E-state index is 0.239. The summed E-state index contributed by atoms with van der Waals surface area (Å²) in [5.74, 6) is -0.547. The van der Waals surface area contributed by atoms with Gasteiger partial charge in [-0.3, -0.25) is 0 Å². The Morgan fingerprint density at radius 2 is 1.91 bits per heavy atom. The van der Waals surface area contributed by atoms with Crippen LogP contribution < -0.4 is 5.11 Å². The van der Waals surface area contributed by atoms with E-state index in [-0.39, 0.29) is 5.92 Å². The molecule has 66 valence electrons. The van der Waals surface area contributed by atoms with Crippen LogP contribution in [-0.2, 0) is 4.79 Å². The molecule has 0 aromatic heterocycles. The molecule has 0 aliphatic carbocycles. The average molecular weight is 157 g/mol. The highest BCUT2D eigenvalue weighted by molar-refractivity contribution is 5.67. The van der Waals surface area contributed by atoms with Gasteiger partial charge < -0.3 is 9.90 Å². The third kappa shape index (κ3) is 4.82. The molecule has 11 heavy (non-hydrogen) atoms. The molecule has 0 saturated heterocycles. The molecule has 0 N–H and O–H groups in total. The second kappa shape index (κ2) is 5.16. The largest absolute Gasteiger partial charge is 0.550 e. The van der Waals surface area contributed by atoms with E-state index in [1.165, 1.54) is 0 Å². The second-order valence-electron chi connectivity index (χ2n) is 3.40. The van der Waals surface area contributed by atoms with Crippen molar-refractivity contribution in [3.05, 3.63) is 0 Å². The first-order valence-corrected chi connectivity index (χ1v) is 4.28. The minimum Gasteiger partial charge on any atom is -0.550 e. The van der Waals surface area contributed by atoms with E-state index in [1.807, 2.05) is 6.92 Å². The van der Waals surface area contributed by atoms with Crippen LogP contribution in [0, 0.1) is 11.8 Å². The van der Waals surface area contributed by atoms with E-state index in [1.54, 1.807) is 0 Å². The summed E-state index contributed by atoms with van der Waals surface area (Å²) in [4.78, 5) is 10.4. The van der Waals surface area contributed by atoms with Crippen molar-refractivity contribution in [3.8, 4) is 0 Å². The number of carboxylic acids is 1. The standard InChI is InChI=1S/C9H18O2/c1-4-8(9(10)11)6-5-7(2)3/h7-8H,4-6H2,1-3H3,(H,10,11)/p-1. The lowest BCUT2D eigenvalue weighted by Gasteiger charge is -2.16. The number of carbonyl (C=O) groups excluding carboxylic acids is 1. The summed E-state index contributed by atoms with van der Waals surface area (Å²) < 4.78 is 0. The Morgan fingerprint density at radius 3 is 2.18 bits per heavy atom. The van der Waals surface area contributed by atoms with Crippen molar-refractivity contribution in [3.63, 3.8) is 0 Å². The van der Waals surface area contributed by atoms with Crippen LogP contribution in [0.15, 0.2) is 0 Å². The number of hydrogen-bond acceptors (Lipinski definition) is 2. The van der Waals surface area contributed by atoms with Gasteiger partial charge >= 0.3 is 0 Å². The zero-order valence-corrected chi connectivity index (χ0v) is 7.59. The first-order valence-electron chi connectivity index (χ1n) is 4.28. The van der Waals surface area contributed by atoms with E-state index in [0.29, 0.717) is 12.3 Å². The monoisotopic (exact) mass is 157 g/mol. The summed E-state index contributed by atoms with van der Waals surface area (Å²) in [5.41, 5.74) is 0. The highest BCUT2D eigenvalue weighted by Crippen LogP contribution is 2.14. The van der Waals surface area contributed by atoms with Gasteiger partial charge in [0, 0.05) is 5.97 Å². The van der Waals surface area contributed by atoms with Crippen molar-refractivity contribution in [2.75, 3.05) is 0 Å². The van der Waals surface area contributed by atoms with E-state index in [9.17, 15) is 9.90 Å². The van der Waals surface area contributed by atoms with Gasteiger partial charge in [-0.2, -0.15) is 0 Å². The second-order valence-corrected chi connectivity index (χ2v) is 3.40. The number of aliphatic carboxylic acids is 1. The van der Waals surface area contributed by atoms with Gasteiger partial charge in [0.15, 0.2) is 0 Å². The lowest BCUT2D eigenvalue weighted by atomic mass is 9.96. The quantitative estimate of drug-likeness (QED) is 0.601. The maximum absolute atomic E-state index is 10.4. The summed E-state index contributed by atoms with van der Waals surface area (Å²) in [6.07, 6.45) is 2.43. The summed E-state index contributed by atoms with van der Waals surface area (Å²) >= 11 is 0. The first kappa shape index (κ1) is 10.5. The van der Waals surface area contributed by atoms with E-state index < -0.39 is 5.97 Å². The molecule has 0 aliphatic heterocycles. The molecule has 0 aromatic rings. The summed E-state index contributed by atoms with van der Waals surface area (Å²) in [6, 6.07) is 0. The van der Waals surface area contributed by atoms with Gasteiger partial charge in [0.05, 0.1) is 0 Å². The predicted octanol–water partition coefficient (Wildman–Crippen LogP) is 1.20. The van der Waals surface area contributed by atoms with E-state index in [0.717, 1.165) is 12.8 Å². The number of carbonyl (C=O) groups is 1. The maximum Gasteiger partial charge on any atom is 0.0445 e. The number of carboxylic acid groups (broad SMARTS) is 1. The van der Waals surface area contributed by atoms with Crippen molar-refractivity contribution in [1.29, 1.82) is 0 Å². The Hall–Kier alpha value is -0.530. The van der Waals surface area contributed by atoms with Gasteiger partial charge in [0.1, 0.15) is 0 Å². The molecule has 0 radical (unpaired) electrons. The first-order chi connectivity index (χ1) is 5.07. The van der Waals surface area contributed by atoms with Crippen molar-refractivity contribution in [2.24, 2.45) is 11.8 Å². The Morgan fingerprint density at radius 1 is 1.36 bits per heavy atom. The lowest BCUT2D eigenvalue weighted by Crippen LogP contribution is -2.31. The third-order valence-electron chi connectivity index (χ3n) is 1.92. The van der Waals surface area contributed by atoms with Crippen LogP contribution in [0.5, 0.6) is 0 Å². The normalized spacial score (nSPS) is 13.5. The van der Waals surface area contributed by atoms with Crippen molar-refractivity contribution in [1.82, 2.24) is 0 Å². The van der Waals surface area contributed by atoms with Crippen LogP contribution in [-0.4, -0.2) is 5.97 Å². The molecular formula is C9H17O2-. The Kier molecular flexibility index (Phi) is 4.92. The smallest absolute Gasteiger partial charge is 0.0445 e. The van der Waals surface area contributed by atoms with Gasteiger partial charge in [-0.25, -0.2) is 0 Å². The van der Waals surface area contributed by atoms with Crippen LogP contribution in [0.3, 0.4) is 0 Å². The summed E-state index contributed by atoms with van der Waals surface area (Å²) in [7, 11) is 0. The molecule has 0 saturated carbocycles. The van der Waals surface area contributed by atoms with Crippen LogP contribution in [0.2, 0.25) is 0 Å². The minimum atomic E-state index is -0.895. The zero-order chi connectivity index (χ0) is 8.85. The molecule has 0 bridgehead atoms. The summed E-state index contributed by atoms with van der Waals surface area (Å²) in [5, 5.41) is 10.4. The molecule has 0 amide bonds. The molecule has 2 heteroatoms. The average Bonchev–Trinajstić information content (AvgIpc) is 1.87. The van der Waals surface area contributed by atoms with Crippen molar-refractivity contribution >= 4 is 5.97 Å². The fraction of sp³-hybridized carbons (Fsp3) is 0.889. The molecule has 0 heterocycles. The molecule has 1 unspecified atom stereocenters. The van der Waals surface area contributed by atoms with E-state index >= 15 is 0 Å². The fourth-order valence-electron chi connectivity index (χ4n) is 1.02. The number of hydrogen-bond donors (Lipinski definition) is 0. The lowest BCUT2D eigenvalue weighted by molar-refractivity contribution is -0.312. The van der Waals surface area contributed by atoms with Crippen LogP contribution in [0.1, 0.15) is 40.0 Å². The van der Waals surface area contributed by atoms with Gasteiger partial charge in [0.2, 0.25) is 0 Å². The van der Waals surface area contributed by atoms with Gasteiger partial charge in [-0.1, -0.05) is 27.2 Å². The molecule has 0 spiro atoms. The Labute approximate surface area is 68.6 Å². The highest BCUT2D eigenvalue weighted by Gasteiger charge is 2.07. The SMILES string of the molecule is CCC(CCC(C)C)C(=O)[O-]. The number of rotatable bonds is 5. The molecule has 1 atom stereocenters. The predicted molar refractivity (Wildman–Crippen MR) is 42.9 cm³/mol. The third-order valence-corrected chi connectivity index (χ3v) is 1.92. The van der Waals surface area contributed by atoms with Crippen LogP contribution in [0.4, 0.5) is 0 Å². The molecule has 0 aromatic carbocycles. The van der Waals surface area contributed by atoms with Crippen molar-refractivity contribution < 1.29 is 9.90 Å². The van der Waals surface area contributed by atoms with Gasteiger partial charge in [0.25, 0.3) is 0 Å². The molecule has 0 rings (SSSR count). The van der Waals surface area contributed by atoms with Gasteiger partial charge in [-0.05, 0) is 24.7 Å². The van der Waals surface area contributed by atoms with Crippen LogP contribution >= 0.6 is 0 Å².